The highest BCUT2D eigenvalue weighted by Crippen LogP contribution is 2.15. The molecule has 1 N–H and O–H groups in total. The predicted octanol–water partition coefficient (Wildman–Crippen LogP) is 2.67. The Hall–Kier alpha value is -2.87. The van der Waals surface area contributed by atoms with Crippen molar-refractivity contribution >= 4 is 11.7 Å². The van der Waals surface area contributed by atoms with Crippen molar-refractivity contribution in [2.24, 2.45) is 0 Å². The van der Waals surface area contributed by atoms with E-state index in [1.165, 1.54) is 0 Å². The molecular formula is C16H15N3O2. The number of rotatable bonds is 4. The van der Waals surface area contributed by atoms with E-state index in [4.69, 9.17) is 10.00 Å². The maximum absolute atomic E-state index is 12.1. The second-order valence-electron chi connectivity index (χ2n) is 4.55. The van der Waals surface area contributed by atoms with Gasteiger partial charge in [0.05, 0.1) is 11.6 Å². The van der Waals surface area contributed by atoms with E-state index < -0.39 is 6.10 Å². The van der Waals surface area contributed by atoms with Crippen molar-refractivity contribution in [3.05, 3.63) is 53.7 Å². The van der Waals surface area contributed by atoms with E-state index in [2.05, 4.69) is 10.3 Å². The van der Waals surface area contributed by atoms with Crippen LogP contribution < -0.4 is 10.1 Å². The molecule has 106 valence electrons. The summed E-state index contributed by atoms with van der Waals surface area (Å²) in [7, 11) is 0. The number of ether oxygens (including phenoxy) is 1. The Labute approximate surface area is 123 Å². The monoisotopic (exact) mass is 281 g/mol. The summed E-state index contributed by atoms with van der Waals surface area (Å²) in [4.78, 5) is 16.2. The van der Waals surface area contributed by atoms with Crippen LogP contribution in [0, 0.1) is 18.3 Å². The summed E-state index contributed by atoms with van der Waals surface area (Å²) in [5.41, 5.74) is 1.43. The number of pyridine rings is 1. The lowest BCUT2D eigenvalue weighted by atomic mass is 10.2. The highest BCUT2D eigenvalue weighted by molar-refractivity contribution is 5.93. The third-order valence-corrected chi connectivity index (χ3v) is 2.92. The molecule has 5 nitrogen and oxygen atoms in total. The molecule has 0 saturated heterocycles. The molecule has 0 aliphatic rings. The fraction of sp³-hybridized carbons (Fsp3) is 0.188. The van der Waals surface area contributed by atoms with E-state index in [-0.39, 0.29) is 5.91 Å². The summed E-state index contributed by atoms with van der Waals surface area (Å²) < 4.78 is 5.54. The van der Waals surface area contributed by atoms with Gasteiger partial charge in [0.1, 0.15) is 11.6 Å². The Kier molecular flexibility index (Phi) is 4.52. The first-order valence-corrected chi connectivity index (χ1v) is 6.49. The summed E-state index contributed by atoms with van der Waals surface area (Å²) in [6, 6.07) is 12.3. The van der Waals surface area contributed by atoms with Crippen LogP contribution in [-0.4, -0.2) is 17.0 Å². The summed E-state index contributed by atoms with van der Waals surface area (Å²) in [5, 5.41) is 11.5. The largest absolute Gasteiger partial charge is 0.481 e. The molecule has 0 spiro atoms. The van der Waals surface area contributed by atoms with E-state index in [0.717, 1.165) is 5.56 Å². The molecule has 21 heavy (non-hydrogen) atoms. The van der Waals surface area contributed by atoms with Gasteiger partial charge >= 0.3 is 0 Å². The van der Waals surface area contributed by atoms with Crippen LogP contribution in [0.3, 0.4) is 0 Å². The van der Waals surface area contributed by atoms with Gasteiger partial charge in [-0.2, -0.15) is 5.26 Å². The van der Waals surface area contributed by atoms with Crippen LogP contribution in [0.5, 0.6) is 5.75 Å². The Balaban J connectivity index is 1.99. The SMILES string of the molecule is Cc1cccnc1NC(=O)[C@H](C)Oc1ccc(C#N)cc1. The van der Waals surface area contributed by atoms with Gasteiger partial charge in [-0.1, -0.05) is 6.07 Å². The number of hydrogen-bond acceptors (Lipinski definition) is 4. The standard InChI is InChI=1S/C16H15N3O2/c1-11-4-3-9-18-15(11)19-16(20)12(2)21-14-7-5-13(10-17)6-8-14/h3-9,12H,1-2H3,(H,18,19,20)/t12-/m0/s1. The molecule has 5 heteroatoms. The second kappa shape index (κ2) is 6.53. The van der Waals surface area contributed by atoms with Crippen LogP contribution >= 0.6 is 0 Å². The highest BCUT2D eigenvalue weighted by Gasteiger charge is 2.16. The molecule has 2 aromatic rings. The number of aryl methyl sites for hydroxylation is 1. The fourth-order valence-electron chi connectivity index (χ4n) is 1.70. The highest BCUT2D eigenvalue weighted by atomic mass is 16.5. The molecule has 2 rings (SSSR count). The van der Waals surface area contributed by atoms with Crippen molar-refractivity contribution in [1.82, 2.24) is 4.98 Å². The Morgan fingerprint density at radius 3 is 2.67 bits per heavy atom. The van der Waals surface area contributed by atoms with Gasteiger partial charge in [-0.15, -0.1) is 0 Å². The number of amides is 1. The lowest BCUT2D eigenvalue weighted by Crippen LogP contribution is -2.30. The molecule has 0 aliphatic carbocycles. The summed E-state index contributed by atoms with van der Waals surface area (Å²) in [5.74, 6) is 0.785. The molecule has 1 heterocycles. The number of benzene rings is 1. The Morgan fingerprint density at radius 2 is 2.05 bits per heavy atom. The van der Waals surface area contributed by atoms with E-state index >= 15 is 0 Å². The zero-order valence-electron chi connectivity index (χ0n) is 11.8. The number of nitrogens with zero attached hydrogens (tertiary/aromatic N) is 2. The van der Waals surface area contributed by atoms with E-state index in [0.29, 0.717) is 17.1 Å². The van der Waals surface area contributed by atoms with E-state index in [1.54, 1.807) is 37.4 Å². The average molecular weight is 281 g/mol. The minimum absolute atomic E-state index is 0.277. The maximum atomic E-state index is 12.1. The second-order valence-corrected chi connectivity index (χ2v) is 4.55. The van der Waals surface area contributed by atoms with Crippen molar-refractivity contribution < 1.29 is 9.53 Å². The van der Waals surface area contributed by atoms with Crippen molar-refractivity contribution in [2.75, 3.05) is 5.32 Å². The lowest BCUT2D eigenvalue weighted by molar-refractivity contribution is -0.122. The van der Waals surface area contributed by atoms with Crippen LogP contribution in [0.1, 0.15) is 18.1 Å². The molecule has 0 bridgehead atoms. The topological polar surface area (TPSA) is 75.0 Å². The normalized spacial score (nSPS) is 11.3. The van der Waals surface area contributed by atoms with Gasteiger partial charge < -0.3 is 10.1 Å². The van der Waals surface area contributed by atoms with Gasteiger partial charge in [-0.25, -0.2) is 4.98 Å². The third kappa shape index (κ3) is 3.80. The van der Waals surface area contributed by atoms with Crippen molar-refractivity contribution in [2.45, 2.75) is 20.0 Å². The van der Waals surface area contributed by atoms with Crippen molar-refractivity contribution in [3.8, 4) is 11.8 Å². The van der Waals surface area contributed by atoms with Crippen molar-refractivity contribution in [3.63, 3.8) is 0 Å². The van der Waals surface area contributed by atoms with Crippen LogP contribution in [0.2, 0.25) is 0 Å². The van der Waals surface area contributed by atoms with Gasteiger partial charge in [-0.05, 0) is 49.7 Å². The number of carbonyl (C=O) groups is 1. The van der Waals surface area contributed by atoms with E-state index in [1.807, 2.05) is 25.1 Å². The number of nitriles is 1. The Morgan fingerprint density at radius 1 is 1.33 bits per heavy atom. The molecule has 0 radical (unpaired) electrons. The number of hydrogen-bond donors (Lipinski definition) is 1. The van der Waals surface area contributed by atoms with Crippen molar-refractivity contribution in [1.29, 1.82) is 5.26 Å². The quantitative estimate of drug-likeness (QED) is 0.934. The first-order chi connectivity index (χ1) is 10.1. The molecule has 1 amide bonds. The van der Waals surface area contributed by atoms with E-state index in [9.17, 15) is 4.79 Å². The Bertz CT molecular complexity index is 675. The van der Waals surface area contributed by atoms with Crippen LogP contribution in [-0.2, 0) is 4.79 Å². The van der Waals surface area contributed by atoms with Gasteiger partial charge in [0, 0.05) is 6.20 Å². The van der Waals surface area contributed by atoms with Gasteiger partial charge in [0.25, 0.3) is 5.91 Å². The van der Waals surface area contributed by atoms with Crippen LogP contribution in [0.15, 0.2) is 42.6 Å². The number of nitrogens with one attached hydrogen (secondary N) is 1. The zero-order chi connectivity index (χ0) is 15.2. The smallest absolute Gasteiger partial charge is 0.266 e. The van der Waals surface area contributed by atoms with Gasteiger partial charge in [0.2, 0.25) is 0 Å². The zero-order valence-corrected chi connectivity index (χ0v) is 11.8. The maximum Gasteiger partial charge on any atom is 0.266 e. The van der Waals surface area contributed by atoms with Gasteiger partial charge in [-0.3, -0.25) is 4.79 Å². The molecule has 0 aliphatic heterocycles. The molecule has 1 aromatic heterocycles. The van der Waals surface area contributed by atoms with Crippen LogP contribution in [0.4, 0.5) is 5.82 Å². The number of aromatic nitrogens is 1. The van der Waals surface area contributed by atoms with Gasteiger partial charge in [0.15, 0.2) is 6.10 Å². The molecule has 1 aromatic carbocycles. The summed E-state index contributed by atoms with van der Waals surface area (Å²) in [6.07, 6.45) is 0.953. The van der Waals surface area contributed by atoms with Crippen LogP contribution in [0.25, 0.3) is 0 Å². The minimum atomic E-state index is -0.667. The minimum Gasteiger partial charge on any atom is -0.481 e. The molecule has 1 atom stereocenters. The summed E-state index contributed by atoms with van der Waals surface area (Å²) in [6.45, 7) is 3.53. The number of anilines is 1. The molecule has 0 unspecified atom stereocenters. The predicted molar refractivity (Wildman–Crippen MR) is 78.9 cm³/mol. The summed E-state index contributed by atoms with van der Waals surface area (Å²) >= 11 is 0. The first kappa shape index (κ1) is 14.5. The average Bonchev–Trinajstić information content (AvgIpc) is 2.50. The molecule has 0 fully saturated rings. The number of carbonyl (C=O) groups excluding carboxylic acids is 1. The third-order valence-electron chi connectivity index (χ3n) is 2.92. The lowest BCUT2D eigenvalue weighted by Gasteiger charge is -2.15. The first-order valence-electron chi connectivity index (χ1n) is 6.49. The molecular weight excluding hydrogens is 266 g/mol. The molecule has 0 saturated carbocycles. The fourth-order valence-corrected chi connectivity index (χ4v) is 1.70.